The van der Waals surface area contributed by atoms with Gasteiger partial charge in [-0.1, -0.05) is 42.5 Å². The summed E-state index contributed by atoms with van der Waals surface area (Å²) in [5, 5.41) is 2.62. The first-order valence-electron chi connectivity index (χ1n) is 6.77. The molecule has 0 atom stereocenters. The van der Waals surface area contributed by atoms with Crippen LogP contribution >= 0.6 is 0 Å². The second kappa shape index (κ2) is 3.71. The Kier molecular flexibility index (Phi) is 2.11. The van der Waals surface area contributed by atoms with E-state index in [0.717, 1.165) is 6.42 Å². The molecular weight excluding hydrogens is 228 g/mol. The summed E-state index contributed by atoms with van der Waals surface area (Å²) in [7, 11) is 0. The van der Waals surface area contributed by atoms with E-state index in [2.05, 4.69) is 62.4 Å². The number of hydrogen-bond acceptors (Lipinski definition) is 0. The van der Waals surface area contributed by atoms with E-state index < -0.39 is 0 Å². The van der Waals surface area contributed by atoms with Crippen molar-refractivity contribution in [3.63, 3.8) is 0 Å². The van der Waals surface area contributed by atoms with Gasteiger partial charge >= 0.3 is 0 Å². The Morgan fingerprint density at radius 1 is 0.947 bits per heavy atom. The number of benzene rings is 3. The van der Waals surface area contributed by atoms with E-state index in [-0.39, 0.29) is 0 Å². The van der Waals surface area contributed by atoms with E-state index in [1.807, 2.05) is 0 Å². The highest BCUT2D eigenvalue weighted by Crippen LogP contribution is 2.40. The van der Waals surface area contributed by atoms with Gasteiger partial charge in [0.15, 0.2) is 0 Å². The fourth-order valence-corrected chi connectivity index (χ4v) is 3.13. The molecule has 0 bridgehead atoms. The predicted octanol–water partition coefficient (Wildman–Crippen LogP) is 4.83. The molecule has 4 rings (SSSR count). The molecule has 0 heteroatoms. The van der Waals surface area contributed by atoms with Gasteiger partial charge in [0.1, 0.15) is 0 Å². The van der Waals surface area contributed by atoms with Crippen LogP contribution in [0.1, 0.15) is 22.3 Å². The monoisotopic (exact) mass is 243 g/mol. The van der Waals surface area contributed by atoms with Crippen molar-refractivity contribution in [2.24, 2.45) is 0 Å². The average Bonchev–Trinajstić information content (AvgIpc) is 2.79. The van der Waals surface area contributed by atoms with Crippen molar-refractivity contribution in [2.45, 2.75) is 20.3 Å². The van der Waals surface area contributed by atoms with E-state index in [9.17, 15) is 0 Å². The number of aryl methyl sites for hydroxylation is 2. The second-order valence-electron chi connectivity index (χ2n) is 5.47. The zero-order valence-electron chi connectivity index (χ0n) is 11.2. The lowest BCUT2D eigenvalue weighted by molar-refractivity contribution is 1.27. The zero-order chi connectivity index (χ0) is 13.0. The van der Waals surface area contributed by atoms with Crippen molar-refractivity contribution >= 4 is 10.8 Å². The molecule has 0 unspecified atom stereocenters. The maximum Gasteiger partial charge on any atom is -0.000706 e. The maximum atomic E-state index is 3.59. The van der Waals surface area contributed by atoms with Gasteiger partial charge in [0, 0.05) is 0 Å². The quantitative estimate of drug-likeness (QED) is 0.415. The molecule has 0 aliphatic heterocycles. The molecule has 0 saturated carbocycles. The summed E-state index contributed by atoms with van der Waals surface area (Å²) in [5.74, 6) is 0. The van der Waals surface area contributed by atoms with Crippen molar-refractivity contribution in [3.8, 4) is 11.1 Å². The van der Waals surface area contributed by atoms with E-state index in [4.69, 9.17) is 0 Å². The van der Waals surface area contributed by atoms with Crippen LogP contribution in [0.2, 0.25) is 0 Å². The number of hydrogen-bond donors (Lipinski definition) is 0. The summed E-state index contributed by atoms with van der Waals surface area (Å²) >= 11 is 0. The molecule has 0 saturated heterocycles. The maximum absolute atomic E-state index is 3.59. The molecule has 91 valence electrons. The Labute approximate surface area is 113 Å². The van der Waals surface area contributed by atoms with Crippen molar-refractivity contribution in [2.75, 3.05) is 0 Å². The lowest BCUT2D eigenvalue weighted by Gasteiger charge is -2.08. The van der Waals surface area contributed by atoms with Gasteiger partial charge in [-0.2, -0.15) is 0 Å². The van der Waals surface area contributed by atoms with Crippen LogP contribution in [0.15, 0.2) is 42.5 Å². The largest absolute Gasteiger partial charge is 0.0619 e. The molecule has 0 N–H and O–H groups in total. The van der Waals surface area contributed by atoms with E-state index in [0.29, 0.717) is 0 Å². The molecule has 0 nitrogen and oxygen atoms in total. The molecular formula is C19H15. The van der Waals surface area contributed by atoms with Gasteiger partial charge in [0.25, 0.3) is 0 Å². The first-order valence-corrected chi connectivity index (χ1v) is 6.77. The highest BCUT2D eigenvalue weighted by molar-refractivity contribution is 5.95. The minimum absolute atomic E-state index is 1.04. The Morgan fingerprint density at radius 2 is 1.79 bits per heavy atom. The van der Waals surface area contributed by atoms with Gasteiger partial charge in [-0.05, 0) is 70.5 Å². The summed E-state index contributed by atoms with van der Waals surface area (Å²) in [6.07, 6.45) is 1.04. The van der Waals surface area contributed by atoms with E-state index in [1.165, 1.54) is 44.2 Å². The lowest BCUT2D eigenvalue weighted by atomic mass is 9.96. The normalized spacial score (nSPS) is 12.5. The molecule has 0 fully saturated rings. The molecule has 0 heterocycles. The molecule has 3 aromatic carbocycles. The van der Waals surface area contributed by atoms with Crippen LogP contribution in [0.3, 0.4) is 0 Å². The Hall–Kier alpha value is -2.08. The predicted molar refractivity (Wildman–Crippen MR) is 80.5 cm³/mol. The van der Waals surface area contributed by atoms with Crippen molar-refractivity contribution in [1.29, 1.82) is 0 Å². The smallest absolute Gasteiger partial charge is 0.000706 e. The van der Waals surface area contributed by atoms with Gasteiger partial charge in [0.2, 0.25) is 0 Å². The topological polar surface area (TPSA) is 0 Å². The molecule has 19 heavy (non-hydrogen) atoms. The summed E-state index contributed by atoms with van der Waals surface area (Å²) < 4.78 is 0. The summed E-state index contributed by atoms with van der Waals surface area (Å²) in [4.78, 5) is 0. The standard InChI is InChI=1S/C19H15/c1-12-9-15-7-8-17-16-6-4-3-5-14(16)11-19(17)18(15)10-13(12)2/h3-9H,11H2,1-2H3. The third kappa shape index (κ3) is 1.46. The molecule has 1 aliphatic carbocycles. The molecule has 1 aliphatic rings. The van der Waals surface area contributed by atoms with Crippen molar-refractivity contribution in [1.82, 2.24) is 0 Å². The van der Waals surface area contributed by atoms with Gasteiger partial charge in [-0.3, -0.25) is 0 Å². The molecule has 0 spiro atoms. The van der Waals surface area contributed by atoms with Crippen LogP contribution in [0.25, 0.3) is 21.9 Å². The fraction of sp³-hybridized carbons (Fsp3) is 0.158. The first kappa shape index (κ1) is 10.8. The van der Waals surface area contributed by atoms with Crippen LogP contribution in [-0.2, 0) is 6.42 Å². The molecule has 3 aromatic rings. The van der Waals surface area contributed by atoms with Crippen molar-refractivity contribution in [3.05, 3.63) is 70.8 Å². The highest BCUT2D eigenvalue weighted by Gasteiger charge is 2.20. The molecule has 1 radical (unpaired) electrons. The van der Waals surface area contributed by atoms with E-state index in [1.54, 1.807) is 0 Å². The van der Waals surface area contributed by atoms with Crippen LogP contribution in [0.5, 0.6) is 0 Å². The summed E-state index contributed by atoms with van der Waals surface area (Å²) in [6, 6.07) is 19.1. The van der Waals surface area contributed by atoms with Crippen LogP contribution < -0.4 is 0 Å². The number of fused-ring (bicyclic) bond motifs is 5. The SMILES string of the molecule is Cc1[c]c2c3c(ccc2cc1C)-c1ccccc1C3. The van der Waals surface area contributed by atoms with Gasteiger partial charge < -0.3 is 0 Å². The molecule has 0 amide bonds. The van der Waals surface area contributed by atoms with Crippen LogP contribution in [-0.4, -0.2) is 0 Å². The third-order valence-electron chi connectivity index (χ3n) is 4.30. The lowest BCUT2D eigenvalue weighted by Crippen LogP contribution is -1.88. The first-order chi connectivity index (χ1) is 9.24. The second-order valence-corrected chi connectivity index (χ2v) is 5.47. The van der Waals surface area contributed by atoms with E-state index >= 15 is 0 Å². The fourth-order valence-electron chi connectivity index (χ4n) is 3.13. The Bertz CT molecular complexity index is 810. The summed E-state index contributed by atoms with van der Waals surface area (Å²) in [6.45, 7) is 4.31. The van der Waals surface area contributed by atoms with Crippen LogP contribution in [0, 0.1) is 19.9 Å². The minimum Gasteiger partial charge on any atom is -0.0619 e. The zero-order valence-corrected chi connectivity index (χ0v) is 11.2. The average molecular weight is 243 g/mol. The van der Waals surface area contributed by atoms with Gasteiger partial charge in [0.05, 0.1) is 0 Å². The van der Waals surface area contributed by atoms with Gasteiger partial charge in [-0.15, -0.1) is 0 Å². The Balaban J connectivity index is 2.08. The minimum atomic E-state index is 1.04. The molecule has 0 aromatic heterocycles. The number of rotatable bonds is 0. The highest BCUT2D eigenvalue weighted by atomic mass is 14.2. The van der Waals surface area contributed by atoms with Gasteiger partial charge in [-0.25, -0.2) is 0 Å². The third-order valence-corrected chi connectivity index (χ3v) is 4.30. The Morgan fingerprint density at radius 3 is 2.68 bits per heavy atom. The van der Waals surface area contributed by atoms with Crippen molar-refractivity contribution < 1.29 is 0 Å². The summed E-state index contributed by atoms with van der Waals surface area (Å²) in [5.41, 5.74) is 8.26. The van der Waals surface area contributed by atoms with Crippen LogP contribution in [0.4, 0.5) is 0 Å².